The van der Waals surface area contributed by atoms with Crippen molar-refractivity contribution in [3.63, 3.8) is 0 Å². The average Bonchev–Trinajstić information content (AvgIpc) is 2.45. The van der Waals surface area contributed by atoms with Crippen LogP contribution in [0.25, 0.3) is 16.8 Å². The van der Waals surface area contributed by atoms with Gasteiger partial charge in [-0.2, -0.15) is 0 Å². The number of hydrogen-bond donors (Lipinski definition) is 2. The van der Waals surface area contributed by atoms with Crippen molar-refractivity contribution in [3.8, 4) is 0 Å². The number of rotatable bonds is 2. The van der Waals surface area contributed by atoms with Crippen LogP contribution in [0.1, 0.15) is 17.0 Å². The van der Waals surface area contributed by atoms with E-state index in [4.69, 9.17) is 0 Å². The average molecular weight is 268 g/mol. The van der Waals surface area contributed by atoms with Gasteiger partial charge < -0.3 is 10.2 Å². The Kier molecular flexibility index (Phi) is 2.79. The number of benzene rings is 2. The van der Waals surface area contributed by atoms with Crippen molar-refractivity contribution < 1.29 is 19.8 Å². The largest absolute Gasteiger partial charge is 0.481 e. The molecule has 2 atom stereocenters. The Bertz CT molecular complexity index is 745. The Morgan fingerprint density at radius 2 is 1.70 bits per heavy atom. The molecule has 0 amide bonds. The molecule has 1 aliphatic carbocycles. The van der Waals surface area contributed by atoms with Gasteiger partial charge in [0.15, 0.2) is 0 Å². The Balaban J connectivity index is 2.28. The van der Waals surface area contributed by atoms with E-state index in [9.17, 15) is 19.8 Å². The van der Waals surface area contributed by atoms with Crippen LogP contribution in [0.5, 0.6) is 0 Å². The molecule has 0 aromatic heterocycles. The molecule has 0 saturated carbocycles. The van der Waals surface area contributed by atoms with Gasteiger partial charge in [-0.3, -0.25) is 9.59 Å². The number of carbonyl (C=O) groups is 2. The van der Waals surface area contributed by atoms with Crippen LogP contribution >= 0.6 is 0 Å². The minimum Gasteiger partial charge on any atom is -0.481 e. The zero-order chi connectivity index (χ0) is 14.3. The minimum atomic E-state index is -1.12. The second kappa shape index (κ2) is 4.49. The molecule has 0 saturated heterocycles. The molecule has 2 N–H and O–H groups in total. The van der Waals surface area contributed by atoms with Gasteiger partial charge in [-0.1, -0.05) is 48.6 Å². The first-order valence-electron chi connectivity index (χ1n) is 6.25. The molecule has 2 aromatic rings. The van der Waals surface area contributed by atoms with Gasteiger partial charge in [0.25, 0.3) is 0 Å². The third kappa shape index (κ3) is 1.77. The molecule has 4 heteroatoms. The molecule has 20 heavy (non-hydrogen) atoms. The van der Waals surface area contributed by atoms with Crippen LogP contribution in [-0.2, 0) is 9.59 Å². The minimum absolute atomic E-state index is 0.561. The van der Waals surface area contributed by atoms with Crippen molar-refractivity contribution in [1.29, 1.82) is 0 Å². The van der Waals surface area contributed by atoms with Crippen molar-refractivity contribution in [2.75, 3.05) is 0 Å². The highest BCUT2D eigenvalue weighted by Gasteiger charge is 2.37. The lowest BCUT2D eigenvalue weighted by atomic mass is 9.78. The summed E-state index contributed by atoms with van der Waals surface area (Å²) in [7, 11) is 0. The second-order valence-electron chi connectivity index (χ2n) is 4.83. The first-order valence-corrected chi connectivity index (χ1v) is 6.25. The SMILES string of the molecule is O=C(O)C1C=Cc2c(ccc3ccccc23)C1C(=O)O. The summed E-state index contributed by atoms with van der Waals surface area (Å²) >= 11 is 0. The summed E-state index contributed by atoms with van der Waals surface area (Å²) in [5.74, 6) is -4.30. The van der Waals surface area contributed by atoms with Gasteiger partial charge in [0.05, 0.1) is 11.8 Å². The van der Waals surface area contributed by atoms with Gasteiger partial charge in [0.2, 0.25) is 0 Å². The zero-order valence-electron chi connectivity index (χ0n) is 10.5. The number of fused-ring (bicyclic) bond motifs is 3. The summed E-state index contributed by atoms with van der Waals surface area (Å²) in [5, 5.41) is 20.5. The molecule has 0 fully saturated rings. The van der Waals surface area contributed by atoms with E-state index >= 15 is 0 Å². The maximum Gasteiger partial charge on any atom is 0.312 e. The van der Waals surface area contributed by atoms with E-state index in [0.717, 1.165) is 16.3 Å². The molecule has 4 nitrogen and oxygen atoms in total. The van der Waals surface area contributed by atoms with Crippen LogP contribution in [0.15, 0.2) is 42.5 Å². The molecular formula is C16H12O4. The highest BCUT2D eigenvalue weighted by Crippen LogP contribution is 2.38. The summed E-state index contributed by atoms with van der Waals surface area (Å²) < 4.78 is 0. The number of carboxylic acids is 2. The Morgan fingerprint density at radius 3 is 2.40 bits per heavy atom. The van der Waals surface area contributed by atoms with Crippen LogP contribution in [-0.4, -0.2) is 22.2 Å². The monoisotopic (exact) mass is 268 g/mol. The maximum absolute atomic E-state index is 11.5. The standard InChI is InChI=1S/C16H12O4/c17-15(18)13-8-7-11-10-4-2-1-3-9(10)5-6-12(11)14(13)16(19)20/h1-8,13-14H,(H,17,18)(H,19,20). The van der Waals surface area contributed by atoms with Gasteiger partial charge in [0.1, 0.15) is 0 Å². The quantitative estimate of drug-likeness (QED) is 0.878. The predicted octanol–water partition coefficient (Wildman–Crippen LogP) is 2.74. The topological polar surface area (TPSA) is 74.6 Å². The van der Waals surface area contributed by atoms with Crippen molar-refractivity contribution >= 4 is 28.8 Å². The smallest absolute Gasteiger partial charge is 0.312 e. The number of hydrogen-bond acceptors (Lipinski definition) is 2. The summed E-state index contributed by atoms with van der Waals surface area (Å²) in [6.45, 7) is 0. The molecule has 100 valence electrons. The van der Waals surface area contributed by atoms with E-state index in [2.05, 4.69) is 0 Å². The van der Waals surface area contributed by atoms with Gasteiger partial charge in [-0.05, 0) is 21.9 Å². The molecule has 0 heterocycles. The lowest BCUT2D eigenvalue weighted by Gasteiger charge is -2.24. The molecule has 3 rings (SSSR count). The fourth-order valence-electron chi connectivity index (χ4n) is 2.79. The molecule has 0 radical (unpaired) electrons. The summed E-state index contributed by atoms with van der Waals surface area (Å²) in [4.78, 5) is 22.7. The first kappa shape index (κ1) is 12.4. The molecule has 0 bridgehead atoms. The van der Waals surface area contributed by atoms with Crippen molar-refractivity contribution in [2.45, 2.75) is 5.92 Å². The van der Waals surface area contributed by atoms with Crippen molar-refractivity contribution in [2.24, 2.45) is 5.92 Å². The van der Waals surface area contributed by atoms with E-state index in [-0.39, 0.29) is 0 Å². The fourth-order valence-corrected chi connectivity index (χ4v) is 2.79. The molecule has 0 spiro atoms. The third-order valence-electron chi connectivity index (χ3n) is 3.72. The van der Waals surface area contributed by atoms with Crippen molar-refractivity contribution in [3.05, 3.63) is 53.6 Å². The Labute approximate surface area is 115 Å². The van der Waals surface area contributed by atoms with Crippen LogP contribution in [0.2, 0.25) is 0 Å². The normalized spacial score (nSPS) is 20.6. The van der Waals surface area contributed by atoms with Crippen LogP contribution in [0, 0.1) is 5.92 Å². The van der Waals surface area contributed by atoms with Crippen LogP contribution < -0.4 is 0 Å². The summed E-state index contributed by atoms with van der Waals surface area (Å²) in [6, 6.07) is 11.2. The van der Waals surface area contributed by atoms with Gasteiger partial charge in [-0.15, -0.1) is 0 Å². The summed E-state index contributed by atoms with van der Waals surface area (Å²) in [6.07, 6.45) is 3.19. The predicted molar refractivity (Wildman–Crippen MR) is 74.5 cm³/mol. The maximum atomic E-state index is 11.5. The van der Waals surface area contributed by atoms with Crippen LogP contribution in [0.3, 0.4) is 0 Å². The van der Waals surface area contributed by atoms with Gasteiger partial charge in [0, 0.05) is 0 Å². The molecule has 2 unspecified atom stereocenters. The third-order valence-corrected chi connectivity index (χ3v) is 3.72. The number of aliphatic carboxylic acids is 2. The molecule has 1 aliphatic rings. The van der Waals surface area contributed by atoms with E-state index in [1.807, 2.05) is 30.3 Å². The highest BCUT2D eigenvalue weighted by atomic mass is 16.4. The van der Waals surface area contributed by atoms with E-state index in [1.165, 1.54) is 6.08 Å². The van der Waals surface area contributed by atoms with Crippen molar-refractivity contribution in [1.82, 2.24) is 0 Å². The second-order valence-corrected chi connectivity index (χ2v) is 4.83. The van der Waals surface area contributed by atoms with E-state index < -0.39 is 23.8 Å². The van der Waals surface area contributed by atoms with Crippen LogP contribution in [0.4, 0.5) is 0 Å². The van der Waals surface area contributed by atoms with E-state index in [0.29, 0.717) is 5.56 Å². The first-order chi connectivity index (χ1) is 9.59. The fraction of sp³-hybridized carbons (Fsp3) is 0.125. The van der Waals surface area contributed by atoms with E-state index in [1.54, 1.807) is 12.1 Å². The molecular weight excluding hydrogens is 256 g/mol. The molecule has 2 aromatic carbocycles. The lowest BCUT2D eigenvalue weighted by Crippen LogP contribution is -2.29. The Hall–Kier alpha value is -2.62. The zero-order valence-corrected chi connectivity index (χ0v) is 10.5. The highest BCUT2D eigenvalue weighted by molar-refractivity contribution is 5.97. The Morgan fingerprint density at radius 1 is 0.950 bits per heavy atom. The summed E-state index contributed by atoms with van der Waals surface area (Å²) in [5.41, 5.74) is 1.36. The number of carboxylic acid groups (broad SMARTS) is 2. The van der Waals surface area contributed by atoms with Gasteiger partial charge in [-0.25, -0.2) is 0 Å². The lowest BCUT2D eigenvalue weighted by molar-refractivity contribution is -0.148. The van der Waals surface area contributed by atoms with Gasteiger partial charge >= 0.3 is 11.9 Å². The molecule has 0 aliphatic heterocycles.